The molecule has 0 aliphatic heterocycles. The molecule has 0 radical (unpaired) electrons. The van der Waals surface area contributed by atoms with Gasteiger partial charge in [0.1, 0.15) is 78.5 Å². The number of aromatic nitrogens is 2. The van der Waals surface area contributed by atoms with Crippen molar-refractivity contribution in [3.63, 3.8) is 0 Å². The highest BCUT2D eigenvalue weighted by molar-refractivity contribution is 6.01. The van der Waals surface area contributed by atoms with Crippen LogP contribution in [0.2, 0.25) is 0 Å². The zero-order valence-electron chi connectivity index (χ0n) is 64.9. The minimum Gasteiger partial charge on any atom is -0.481 e. The zero-order valence-corrected chi connectivity index (χ0v) is 64.9. The van der Waals surface area contributed by atoms with E-state index in [2.05, 4.69) is 68.5 Å². The molecule has 26 N–H and O–H groups in total. The average molecular weight is 1600 g/mol. The first-order valence-electron chi connectivity index (χ1n) is 37.3. The molecule has 112 heavy (non-hydrogen) atoms. The zero-order chi connectivity index (χ0) is 85.1. The molecule has 0 saturated heterocycles. The molecule has 13 amide bonds. The molecule has 0 saturated carbocycles. The first-order chi connectivity index (χ1) is 52.6. The molecule has 0 bridgehead atoms. The second kappa shape index (κ2) is 52.6. The lowest BCUT2D eigenvalue weighted by Gasteiger charge is -2.30. The summed E-state index contributed by atoms with van der Waals surface area (Å²) in [7, 11) is 0. The summed E-state index contributed by atoms with van der Waals surface area (Å²) in [4.78, 5) is 248. The van der Waals surface area contributed by atoms with E-state index >= 15 is 0 Å². The van der Waals surface area contributed by atoms with Crippen LogP contribution < -0.4 is 86.3 Å². The Morgan fingerprint density at radius 1 is 0.375 bits per heavy atom. The number of H-pyrrole nitrogens is 1. The van der Waals surface area contributed by atoms with Crippen molar-refractivity contribution in [3.05, 3.63) is 18.2 Å². The van der Waals surface area contributed by atoms with Gasteiger partial charge >= 0.3 is 29.8 Å². The van der Waals surface area contributed by atoms with Gasteiger partial charge in [-0.25, -0.2) is 9.78 Å². The SMILES string of the molecule is CC[C@H](C)[C@H](NC(=O)[C@H](CC(=O)O)NC(=O)[C@H](Cc1cnc[nH]1)NC(=O)[C@H](CCCCN)NC(=O)[C@H](CCC(=O)O)NC(C)=O)C(=O)N[C@@H](CC(C)C)C(=O)N[C@@H](CCCCN)C(=O)N[C@@H](CCCCN)C(=O)N[C@@H](CC(C)C)C(=O)N[C@@H](CC(C)C)C(=O)N[C@@H](CC(=O)O)C(=O)N[C@@H](CC(=O)O)C(=O)N[C@@H](CO)C(=O)O. The first kappa shape index (κ1) is 99.5. The Morgan fingerprint density at radius 2 is 0.670 bits per heavy atom. The Labute approximate surface area is 648 Å². The lowest BCUT2D eigenvalue weighted by atomic mass is 9.96. The van der Waals surface area contributed by atoms with E-state index in [4.69, 9.17) is 17.2 Å². The third-order valence-corrected chi connectivity index (χ3v) is 17.3. The van der Waals surface area contributed by atoms with E-state index in [1.165, 1.54) is 12.5 Å². The van der Waals surface area contributed by atoms with E-state index in [1.54, 1.807) is 55.4 Å². The Hall–Kier alpha value is -10.5. The normalized spacial score (nSPS) is 15.0. The maximum atomic E-state index is 14.7. The van der Waals surface area contributed by atoms with Crippen molar-refractivity contribution in [2.45, 2.75) is 263 Å². The summed E-state index contributed by atoms with van der Waals surface area (Å²) in [5.41, 5.74) is 17.6. The maximum Gasteiger partial charge on any atom is 0.328 e. The molecule has 1 aromatic heterocycles. The highest BCUT2D eigenvalue weighted by atomic mass is 16.4. The number of aromatic amines is 1. The van der Waals surface area contributed by atoms with Crippen molar-refractivity contribution in [2.24, 2.45) is 40.9 Å². The fourth-order valence-electron chi connectivity index (χ4n) is 11.3. The standard InChI is InChI=1S/C70H118N18O24/c1-10-38(8)57(88-68(109)51(31-56(97)98)85-65(106)48(28-40-32-74-34-75-40)82-60(101)43(19-13-16-24-73)78-61(102)44(76-39(9)90)20-21-53(91)92)69(110)86-47(27-37(6)7)62(103)79-41(17-11-14-22-71)58(99)77-42(18-12-15-23-72)59(100)80-45(25-35(2)3)63(104)81-46(26-36(4)5)64(105)83-49(29-54(93)94)66(107)84-50(30-55(95)96)67(108)87-52(33-89)70(111)112/h32,34-38,41-52,57,89H,10-31,33,71-73H2,1-9H3,(H,74,75)(H,76,90)(H,77,99)(H,78,102)(H,79,103)(H,80,100)(H,81,104)(H,82,101)(H,83,105)(H,84,107)(H,85,106)(H,86,110)(H,87,108)(H,88,109)(H,91,92)(H,93,94)(H,95,96)(H,97,98)(H,111,112)/t38-,41-,42-,43-,44-,45-,46-,47-,48-,49-,50-,51-,52-,57-/m0/s1. The number of aliphatic hydroxyl groups is 1. The number of rotatable bonds is 58. The molecule has 42 nitrogen and oxygen atoms in total. The number of carboxylic acids is 5. The van der Waals surface area contributed by atoms with Crippen LogP contribution in [-0.4, -0.2) is 252 Å². The van der Waals surface area contributed by atoms with Gasteiger partial charge in [-0.3, -0.25) is 81.5 Å². The summed E-state index contributed by atoms with van der Waals surface area (Å²) in [6.45, 7) is 13.8. The van der Waals surface area contributed by atoms with Crippen LogP contribution in [-0.2, 0) is 92.7 Å². The minimum absolute atomic E-state index is 0.0731. The van der Waals surface area contributed by atoms with Gasteiger partial charge in [-0.05, 0) is 127 Å². The van der Waals surface area contributed by atoms with Crippen molar-refractivity contribution < 1.29 is 117 Å². The van der Waals surface area contributed by atoms with Crippen molar-refractivity contribution in [2.75, 3.05) is 26.2 Å². The number of carbonyl (C=O) groups is 18. The molecule has 42 heteroatoms. The number of amides is 13. The Balaban J connectivity index is 3.76. The van der Waals surface area contributed by atoms with Crippen LogP contribution in [0.3, 0.4) is 0 Å². The van der Waals surface area contributed by atoms with Crippen LogP contribution in [0.4, 0.5) is 0 Å². The number of carbonyl (C=O) groups excluding carboxylic acids is 13. The first-order valence-corrected chi connectivity index (χ1v) is 37.3. The number of aliphatic hydroxyl groups excluding tert-OH is 1. The third kappa shape index (κ3) is 39.4. The molecule has 0 spiro atoms. The quantitative estimate of drug-likeness (QED) is 0.0272. The number of nitrogens with one attached hydrogen (secondary N) is 14. The third-order valence-electron chi connectivity index (χ3n) is 17.3. The Morgan fingerprint density at radius 3 is 0.964 bits per heavy atom. The van der Waals surface area contributed by atoms with Gasteiger partial charge in [-0.2, -0.15) is 0 Å². The molecular weight excluding hydrogens is 1480 g/mol. The van der Waals surface area contributed by atoms with Crippen molar-refractivity contribution in [1.82, 2.24) is 79.1 Å². The van der Waals surface area contributed by atoms with Crippen LogP contribution in [0.25, 0.3) is 0 Å². The van der Waals surface area contributed by atoms with E-state index in [1.807, 2.05) is 10.6 Å². The average Bonchev–Trinajstić information content (AvgIpc) is 0.996. The molecule has 1 rings (SSSR count). The number of hydrogen-bond donors (Lipinski definition) is 23. The molecule has 632 valence electrons. The summed E-state index contributed by atoms with van der Waals surface area (Å²) >= 11 is 0. The van der Waals surface area contributed by atoms with Gasteiger partial charge in [0.05, 0.1) is 32.2 Å². The van der Waals surface area contributed by atoms with Gasteiger partial charge < -0.3 is 122 Å². The molecule has 1 aromatic rings. The fourth-order valence-corrected chi connectivity index (χ4v) is 11.3. The summed E-state index contributed by atoms with van der Waals surface area (Å²) in [5.74, 6) is -23.4. The second-order valence-corrected chi connectivity index (χ2v) is 28.6. The maximum absolute atomic E-state index is 14.7. The van der Waals surface area contributed by atoms with Gasteiger partial charge in [0.25, 0.3) is 0 Å². The number of carboxylic acid groups (broad SMARTS) is 5. The van der Waals surface area contributed by atoms with Crippen LogP contribution in [0.5, 0.6) is 0 Å². The largest absolute Gasteiger partial charge is 0.481 e. The molecule has 14 atom stereocenters. The van der Waals surface area contributed by atoms with Gasteiger partial charge in [0, 0.05) is 31.7 Å². The molecule has 0 aliphatic rings. The molecular formula is C70H118N18O24. The van der Waals surface area contributed by atoms with Crippen molar-refractivity contribution in [1.29, 1.82) is 0 Å². The van der Waals surface area contributed by atoms with Gasteiger partial charge in [0.15, 0.2) is 0 Å². The van der Waals surface area contributed by atoms with E-state index in [9.17, 15) is 117 Å². The predicted molar refractivity (Wildman–Crippen MR) is 398 cm³/mol. The number of nitrogens with two attached hydrogens (primary N) is 3. The molecule has 0 aromatic carbocycles. The van der Waals surface area contributed by atoms with Gasteiger partial charge in [-0.1, -0.05) is 61.8 Å². The topological polar surface area (TPSA) is 692 Å². The number of aliphatic carboxylic acids is 5. The lowest BCUT2D eigenvalue weighted by molar-refractivity contribution is -0.145. The number of imidazole rings is 1. The summed E-state index contributed by atoms with van der Waals surface area (Å²) in [5, 5.41) is 88.9. The Kier molecular flexibility index (Phi) is 46.8. The van der Waals surface area contributed by atoms with Crippen LogP contribution in [0.1, 0.15) is 184 Å². The van der Waals surface area contributed by atoms with Crippen LogP contribution in [0, 0.1) is 23.7 Å². The smallest absolute Gasteiger partial charge is 0.328 e. The highest BCUT2D eigenvalue weighted by Crippen LogP contribution is 2.17. The number of unbranched alkanes of at least 4 members (excludes halogenated alkanes) is 3. The van der Waals surface area contributed by atoms with Crippen molar-refractivity contribution in [3.8, 4) is 0 Å². The molecule has 0 unspecified atom stereocenters. The Bertz CT molecular complexity index is 3310. The molecule has 1 heterocycles. The van der Waals surface area contributed by atoms with Crippen molar-refractivity contribution >= 4 is 107 Å². The molecule has 0 aliphatic carbocycles. The highest BCUT2D eigenvalue weighted by Gasteiger charge is 2.40. The van der Waals surface area contributed by atoms with E-state index in [0.29, 0.717) is 19.3 Å². The monoisotopic (exact) mass is 1590 g/mol. The summed E-state index contributed by atoms with van der Waals surface area (Å²) in [6.07, 6.45) is -0.790. The number of nitrogens with zero attached hydrogens (tertiary/aromatic N) is 1. The van der Waals surface area contributed by atoms with Crippen LogP contribution >= 0.6 is 0 Å². The number of hydrogen-bond acceptors (Lipinski definition) is 23. The van der Waals surface area contributed by atoms with E-state index in [0.717, 1.165) is 6.92 Å². The predicted octanol–water partition coefficient (Wildman–Crippen LogP) is -4.79. The minimum atomic E-state index is -2.06. The summed E-state index contributed by atoms with van der Waals surface area (Å²) in [6, 6.07) is -21.5. The second-order valence-electron chi connectivity index (χ2n) is 28.6. The van der Waals surface area contributed by atoms with Gasteiger partial charge in [-0.15, -0.1) is 0 Å². The van der Waals surface area contributed by atoms with E-state index < -0.39 is 229 Å². The molecule has 0 fully saturated rings. The summed E-state index contributed by atoms with van der Waals surface area (Å²) < 4.78 is 0. The lowest BCUT2D eigenvalue weighted by Crippen LogP contribution is -2.62. The van der Waals surface area contributed by atoms with E-state index in [-0.39, 0.29) is 114 Å². The van der Waals surface area contributed by atoms with Gasteiger partial charge in [0.2, 0.25) is 76.8 Å². The fraction of sp³-hybridized carbons (Fsp3) is 0.700. The van der Waals surface area contributed by atoms with Crippen LogP contribution in [0.15, 0.2) is 12.5 Å².